The van der Waals surface area contributed by atoms with Crippen molar-refractivity contribution in [2.24, 2.45) is 11.8 Å². The van der Waals surface area contributed by atoms with E-state index < -0.39 is 0 Å². The Morgan fingerprint density at radius 1 is 0.492 bits per heavy atom. The molecule has 0 saturated carbocycles. The van der Waals surface area contributed by atoms with E-state index >= 15 is 0 Å². The predicted octanol–water partition coefficient (Wildman–Crippen LogP) is 16.2. The summed E-state index contributed by atoms with van der Waals surface area (Å²) in [5.41, 5.74) is 14.9. The molecule has 0 fully saturated rings. The average Bonchev–Trinajstić information content (AvgIpc) is 3.92. The summed E-state index contributed by atoms with van der Waals surface area (Å²) >= 11 is 1.88. The number of benzene rings is 8. The molecule has 2 heterocycles. The van der Waals surface area contributed by atoms with Crippen molar-refractivity contribution in [3.8, 4) is 33.4 Å². The molecule has 0 amide bonds. The van der Waals surface area contributed by atoms with E-state index in [-0.39, 0.29) is 5.41 Å². The lowest BCUT2D eigenvalue weighted by atomic mass is 9.74. The SMILES string of the molecule is CC1(C)c2ccc(-c3cc4oc5ccccc5c4c4sc5ccccc5c34)cc2-c2ccc(-c3c4ccccc4c(C4=CC=CC5C=CC=CC45)c4ccccc34)cc21. The maximum atomic E-state index is 6.58. The van der Waals surface area contributed by atoms with Crippen LogP contribution >= 0.6 is 11.3 Å². The summed E-state index contributed by atoms with van der Waals surface area (Å²) < 4.78 is 9.17. The highest BCUT2D eigenvalue weighted by molar-refractivity contribution is 7.27. The fourth-order valence-electron chi connectivity index (χ4n) is 10.9. The molecule has 3 aliphatic rings. The highest BCUT2D eigenvalue weighted by Gasteiger charge is 2.36. The van der Waals surface area contributed by atoms with Gasteiger partial charge in [-0.25, -0.2) is 0 Å². The molecule has 1 nitrogen and oxygen atoms in total. The van der Waals surface area contributed by atoms with Gasteiger partial charge in [-0.2, -0.15) is 0 Å². The minimum atomic E-state index is -0.174. The second-order valence-corrected chi connectivity index (χ2v) is 18.1. The fourth-order valence-corrected chi connectivity index (χ4v) is 12.2. The van der Waals surface area contributed by atoms with E-state index in [1.807, 2.05) is 11.3 Å². The van der Waals surface area contributed by atoms with Crippen LogP contribution in [0.2, 0.25) is 0 Å². The van der Waals surface area contributed by atoms with Crippen molar-refractivity contribution in [3.05, 3.63) is 199 Å². The quantitative estimate of drug-likeness (QED) is 0.163. The Bertz CT molecular complexity index is 3540. The molecule has 2 aromatic heterocycles. The summed E-state index contributed by atoms with van der Waals surface area (Å²) in [7, 11) is 0. The van der Waals surface area contributed by atoms with Crippen molar-refractivity contribution < 1.29 is 4.42 Å². The van der Waals surface area contributed by atoms with E-state index in [2.05, 4.69) is 196 Å². The van der Waals surface area contributed by atoms with Crippen LogP contribution in [0, 0.1) is 11.8 Å². The monoisotopic (exact) mass is 770 g/mol. The molecular weight excluding hydrogens is 733 g/mol. The van der Waals surface area contributed by atoms with Crippen LogP contribution in [0.5, 0.6) is 0 Å². The number of hydrogen-bond donors (Lipinski definition) is 0. The Balaban J connectivity index is 1.00. The molecule has 0 aliphatic heterocycles. The van der Waals surface area contributed by atoms with Crippen LogP contribution < -0.4 is 0 Å². The van der Waals surface area contributed by atoms with Gasteiger partial charge in [0.15, 0.2) is 0 Å². The zero-order valence-corrected chi connectivity index (χ0v) is 33.6. The minimum absolute atomic E-state index is 0.174. The first-order valence-electron chi connectivity index (χ1n) is 20.8. The number of thiophene rings is 1. The highest BCUT2D eigenvalue weighted by atomic mass is 32.1. The van der Waals surface area contributed by atoms with Crippen LogP contribution in [0.1, 0.15) is 30.5 Å². The topological polar surface area (TPSA) is 13.1 Å². The van der Waals surface area contributed by atoms with Crippen LogP contribution in [-0.2, 0) is 5.41 Å². The maximum Gasteiger partial charge on any atom is 0.137 e. The van der Waals surface area contributed by atoms with Crippen LogP contribution in [0.15, 0.2) is 186 Å². The molecule has 8 aromatic carbocycles. The number of fused-ring (bicyclic) bond motifs is 13. The third kappa shape index (κ3) is 4.61. The van der Waals surface area contributed by atoms with Gasteiger partial charge in [0.05, 0.1) is 0 Å². The molecule has 2 heteroatoms. The minimum Gasteiger partial charge on any atom is -0.456 e. The first kappa shape index (κ1) is 33.3. The molecule has 0 saturated heterocycles. The summed E-state index contributed by atoms with van der Waals surface area (Å²) in [6.45, 7) is 4.80. The van der Waals surface area contributed by atoms with E-state index in [0.717, 1.165) is 11.2 Å². The summed E-state index contributed by atoms with van der Waals surface area (Å²) in [6, 6.07) is 52.2. The van der Waals surface area contributed by atoms with E-state index in [0.29, 0.717) is 11.8 Å². The van der Waals surface area contributed by atoms with E-state index in [1.165, 1.54) is 108 Å². The van der Waals surface area contributed by atoms with Gasteiger partial charge in [-0.05, 0) is 108 Å². The third-order valence-corrected chi connectivity index (χ3v) is 14.8. The van der Waals surface area contributed by atoms with Crippen LogP contribution in [0.25, 0.3) is 103 Å². The Morgan fingerprint density at radius 2 is 1.15 bits per heavy atom. The lowest BCUT2D eigenvalue weighted by molar-refractivity contribution is 0.660. The van der Waals surface area contributed by atoms with Gasteiger partial charge >= 0.3 is 0 Å². The zero-order chi connectivity index (χ0) is 39.0. The zero-order valence-electron chi connectivity index (χ0n) is 32.8. The predicted molar refractivity (Wildman–Crippen MR) is 252 cm³/mol. The Morgan fingerprint density at radius 3 is 1.95 bits per heavy atom. The van der Waals surface area contributed by atoms with Crippen molar-refractivity contribution >= 4 is 80.6 Å². The maximum absolute atomic E-state index is 6.58. The van der Waals surface area contributed by atoms with Gasteiger partial charge < -0.3 is 4.42 Å². The molecule has 13 rings (SSSR count). The number of furan rings is 1. The lowest BCUT2D eigenvalue weighted by Crippen LogP contribution is -2.15. The second kappa shape index (κ2) is 12.1. The molecule has 278 valence electrons. The Hall–Kier alpha value is -6.74. The number of para-hydroxylation sites is 1. The lowest BCUT2D eigenvalue weighted by Gasteiger charge is -2.29. The summed E-state index contributed by atoms with van der Waals surface area (Å²) in [5, 5.41) is 10.2. The highest BCUT2D eigenvalue weighted by Crippen LogP contribution is 2.54. The van der Waals surface area contributed by atoms with Gasteiger partial charge in [-0.3, -0.25) is 0 Å². The molecule has 10 aromatic rings. The van der Waals surface area contributed by atoms with Crippen molar-refractivity contribution in [1.82, 2.24) is 0 Å². The first-order valence-corrected chi connectivity index (χ1v) is 21.6. The first-order chi connectivity index (χ1) is 29.0. The molecule has 3 aliphatic carbocycles. The third-order valence-electron chi connectivity index (χ3n) is 13.6. The van der Waals surface area contributed by atoms with E-state index in [4.69, 9.17) is 4.42 Å². The van der Waals surface area contributed by atoms with Crippen molar-refractivity contribution in [2.45, 2.75) is 19.3 Å². The Kier molecular flexibility index (Phi) is 6.84. The Labute approximate surface area is 346 Å². The molecule has 59 heavy (non-hydrogen) atoms. The molecule has 2 unspecified atom stereocenters. The van der Waals surface area contributed by atoms with E-state index in [9.17, 15) is 0 Å². The summed E-state index contributed by atoms with van der Waals surface area (Å²) in [4.78, 5) is 0. The van der Waals surface area contributed by atoms with Crippen LogP contribution in [0.3, 0.4) is 0 Å². The molecule has 0 N–H and O–H groups in total. The molecule has 0 bridgehead atoms. The standard InChI is InChI=1S/C57H38OS/c1-57(2)47-29-27-34(45-32-50-55(43-21-9-11-24-49(43)58-50)56-54(45)44-22-10-12-25-51(44)59-56)30-46(47)37-28-26-35(31-48(37)57)52-39-17-5-7-19-41(39)53(42-20-8-6-18-40(42)52)38-23-13-15-33-14-3-4-16-36(33)38/h3-33,36H,1-2H3. The van der Waals surface area contributed by atoms with Crippen LogP contribution in [0.4, 0.5) is 0 Å². The van der Waals surface area contributed by atoms with Gasteiger partial charge in [0.1, 0.15) is 11.2 Å². The smallest absolute Gasteiger partial charge is 0.137 e. The van der Waals surface area contributed by atoms with Crippen molar-refractivity contribution in [2.75, 3.05) is 0 Å². The largest absolute Gasteiger partial charge is 0.456 e. The van der Waals surface area contributed by atoms with Crippen molar-refractivity contribution in [1.29, 1.82) is 0 Å². The number of rotatable bonds is 3. The van der Waals surface area contributed by atoms with Gasteiger partial charge in [0, 0.05) is 48.2 Å². The average molecular weight is 771 g/mol. The molecule has 0 radical (unpaired) electrons. The number of hydrogen-bond acceptors (Lipinski definition) is 2. The second-order valence-electron chi connectivity index (χ2n) is 17.1. The normalized spacial score (nSPS) is 17.7. The van der Waals surface area contributed by atoms with Gasteiger partial charge in [0.2, 0.25) is 0 Å². The van der Waals surface area contributed by atoms with Gasteiger partial charge in [-0.15, -0.1) is 11.3 Å². The number of allylic oxidation sites excluding steroid dienone is 8. The van der Waals surface area contributed by atoms with Gasteiger partial charge in [-0.1, -0.05) is 166 Å². The summed E-state index contributed by atoms with van der Waals surface area (Å²) in [6.07, 6.45) is 16.1. The van der Waals surface area contributed by atoms with Crippen molar-refractivity contribution in [3.63, 3.8) is 0 Å². The molecule has 2 atom stereocenters. The van der Waals surface area contributed by atoms with E-state index in [1.54, 1.807) is 0 Å². The fraction of sp³-hybridized carbons (Fsp3) is 0.0877. The van der Waals surface area contributed by atoms with Crippen LogP contribution in [-0.4, -0.2) is 0 Å². The molecule has 0 spiro atoms. The summed E-state index contributed by atoms with van der Waals surface area (Å²) in [5.74, 6) is 0.698. The van der Waals surface area contributed by atoms with Gasteiger partial charge in [0.25, 0.3) is 0 Å². The molecular formula is C57H38OS.